The zero-order valence-electron chi connectivity index (χ0n) is 13.2. The van der Waals surface area contributed by atoms with E-state index in [2.05, 4.69) is 17.3 Å². The lowest BCUT2D eigenvalue weighted by Crippen LogP contribution is -2.45. The van der Waals surface area contributed by atoms with Crippen LogP contribution in [0.3, 0.4) is 0 Å². The number of rotatable bonds is 4. The summed E-state index contributed by atoms with van der Waals surface area (Å²) >= 11 is 0. The zero-order valence-corrected chi connectivity index (χ0v) is 13.2. The number of benzene rings is 1. The number of carbonyl (C=O) groups excluding carboxylic acids is 1. The summed E-state index contributed by atoms with van der Waals surface area (Å²) in [4.78, 5) is 26.8. The van der Waals surface area contributed by atoms with Gasteiger partial charge in [-0.3, -0.25) is 14.9 Å². The molecule has 1 saturated heterocycles. The van der Waals surface area contributed by atoms with Gasteiger partial charge in [-0.25, -0.2) is 0 Å². The zero-order chi connectivity index (χ0) is 16.3. The molecule has 0 aromatic heterocycles. The van der Waals surface area contributed by atoms with Crippen LogP contribution in [-0.4, -0.2) is 56.0 Å². The molecule has 1 amide bonds. The second-order valence-corrected chi connectivity index (χ2v) is 5.71. The molecule has 1 aromatic rings. The molecule has 1 aliphatic heterocycles. The van der Waals surface area contributed by atoms with E-state index in [4.69, 9.17) is 0 Å². The van der Waals surface area contributed by atoms with Gasteiger partial charge < -0.3 is 15.1 Å². The summed E-state index contributed by atoms with van der Waals surface area (Å²) < 4.78 is 0. The highest BCUT2D eigenvalue weighted by Crippen LogP contribution is 2.31. The van der Waals surface area contributed by atoms with Crippen LogP contribution in [-0.2, 0) is 0 Å². The fourth-order valence-corrected chi connectivity index (χ4v) is 2.91. The minimum absolute atomic E-state index is 0.0307. The number of amides is 1. The molecule has 0 saturated carbocycles. The fraction of sp³-hybridized carbons (Fsp3) is 0.533. The number of likely N-dealkylation sites (N-methyl/N-ethyl adjacent to an activating group) is 2. The first-order chi connectivity index (χ1) is 10.4. The predicted octanol–water partition coefficient (Wildman–Crippen LogP) is 1.48. The maximum absolute atomic E-state index is 11.7. The third-order valence-corrected chi connectivity index (χ3v) is 4.19. The van der Waals surface area contributed by atoms with Crippen LogP contribution < -0.4 is 10.2 Å². The molecule has 1 N–H and O–H groups in total. The molecule has 0 radical (unpaired) electrons. The van der Waals surface area contributed by atoms with Gasteiger partial charge >= 0.3 is 0 Å². The van der Waals surface area contributed by atoms with Crippen molar-refractivity contribution in [1.29, 1.82) is 0 Å². The molecule has 0 spiro atoms. The Morgan fingerprint density at radius 2 is 2.23 bits per heavy atom. The van der Waals surface area contributed by atoms with Crippen LogP contribution in [0.25, 0.3) is 0 Å². The smallest absolute Gasteiger partial charge is 0.293 e. The number of hydrogen-bond acceptors (Lipinski definition) is 5. The number of nitro groups is 1. The van der Waals surface area contributed by atoms with Gasteiger partial charge in [0, 0.05) is 38.3 Å². The molecule has 1 atom stereocenters. The monoisotopic (exact) mass is 306 g/mol. The number of nitrogens with one attached hydrogen (secondary N) is 1. The molecule has 0 aliphatic carbocycles. The highest BCUT2D eigenvalue weighted by Gasteiger charge is 2.26. The summed E-state index contributed by atoms with van der Waals surface area (Å²) in [6.45, 7) is 1.94. The van der Waals surface area contributed by atoms with Crippen molar-refractivity contribution in [3.63, 3.8) is 0 Å². The van der Waals surface area contributed by atoms with E-state index in [1.54, 1.807) is 12.1 Å². The van der Waals surface area contributed by atoms with Crippen LogP contribution in [0, 0.1) is 10.1 Å². The topological polar surface area (TPSA) is 78.7 Å². The molecule has 2 rings (SSSR count). The lowest BCUT2D eigenvalue weighted by Gasteiger charge is -2.36. The van der Waals surface area contributed by atoms with E-state index in [0.29, 0.717) is 11.3 Å². The van der Waals surface area contributed by atoms with Crippen molar-refractivity contribution >= 4 is 17.3 Å². The SMILES string of the molecule is CNC(=O)c1ccc(N(C)[C@@H]2CCCN(C)C2)c([N+](=O)[O-])c1. The van der Waals surface area contributed by atoms with E-state index >= 15 is 0 Å². The number of carbonyl (C=O) groups is 1. The van der Waals surface area contributed by atoms with Gasteiger partial charge in [0.25, 0.3) is 11.6 Å². The third-order valence-electron chi connectivity index (χ3n) is 4.19. The Morgan fingerprint density at radius 1 is 1.50 bits per heavy atom. The van der Waals surface area contributed by atoms with Crippen molar-refractivity contribution in [1.82, 2.24) is 10.2 Å². The number of piperidine rings is 1. The van der Waals surface area contributed by atoms with E-state index in [1.165, 1.54) is 13.1 Å². The molecule has 1 fully saturated rings. The number of nitro benzene ring substituents is 1. The first kappa shape index (κ1) is 16.2. The van der Waals surface area contributed by atoms with Gasteiger partial charge in [-0.05, 0) is 38.6 Å². The third kappa shape index (κ3) is 3.36. The number of likely N-dealkylation sites (tertiary alicyclic amines) is 1. The number of anilines is 1. The summed E-state index contributed by atoms with van der Waals surface area (Å²) in [6.07, 6.45) is 2.09. The lowest BCUT2D eigenvalue weighted by atomic mass is 10.0. The van der Waals surface area contributed by atoms with Gasteiger partial charge in [0.05, 0.1) is 4.92 Å². The van der Waals surface area contributed by atoms with E-state index < -0.39 is 4.92 Å². The number of nitrogens with zero attached hydrogens (tertiary/aromatic N) is 3. The van der Waals surface area contributed by atoms with Crippen LogP contribution in [0.1, 0.15) is 23.2 Å². The van der Waals surface area contributed by atoms with Gasteiger partial charge in [-0.15, -0.1) is 0 Å². The molecular weight excluding hydrogens is 284 g/mol. The maximum atomic E-state index is 11.7. The van der Waals surface area contributed by atoms with Crippen LogP contribution in [0.2, 0.25) is 0 Å². The summed E-state index contributed by atoms with van der Waals surface area (Å²) in [5, 5.41) is 13.9. The summed E-state index contributed by atoms with van der Waals surface area (Å²) in [5.41, 5.74) is 0.821. The molecule has 7 heteroatoms. The van der Waals surface area contributed by atoms with Crippen molar-refractivity contribution in [3.8, 4) is 0 Å². The first-order valence-electron chi connectivity index (χ1n) is 7.36. The molecule has 0 bridgehead atoms. The van der Waals surface area contributed by atoms with Crippen molar-refractivity contribution in [2.75, 3.05) is 39.1 Å². The standard InChI is InChI=1S/C15H22N4O3/c1-16-15(20)11-6-7-13(14(9-11)19(21)22)18(3)12-5-4-8-17(2)10-12/h6-7,9,12H,4-5,8,10H2,1-3H3,(H,16,20)/t12-/m1/s1. The quantitative estimate of drug-likeness (QED) is 0.673. The van der Waals surface area contributed by atoms with Gasteiger partial charge in [-0.2, -0.15) is 0 Å². The predicted molar refractivity (Wildman–Crippen MR) is 85.4 cm³/mol. The Bertz CT molecular complexity index is 576. The van der Waals surface area contributed by atoms with Crippen LogP contribution in [0.4, 0.5) is 11.4 Å². The van der Waals surface area contributed by atoms with Crippen molar-refractivity contribution in [3.05, 3.63) is 33.9 Å². The van der Waals surface area contributed by atoms with Gasteiger partial charge in [0.2, 0.25) is 0 Å². The van der Waals surface area contributed by atoms with Gasteiger partial charge in [0.15, 0.2) is 0 Å². The van der Waals surface area contributed by atoms with Gasteiger partial charge in [0.1, 0.15) is 5.69 Å². The van der Waals surface area contributed by atoms with Gasteiger partial charge in [-0.1, -0.05) is 0 Å². The highest BCUT2D eigenvalue weighted by atomic mass is 16.6. The summed E-state index contributed by atoms with van der Waals surface area (Å²) in [6, 6.07) is 4.88. The Morgan fingerprint density at radius 3 is 2.82 bits per heavy atom. The fourth-order valence-electron chi connectivity index (χ4n) is 2.91. The Hall–Kier alpha value is -2.15. The van der Waals surface area contributed by atoms with Crippen LogP contribution in [0.5, 0.6) is 0 Å². The molecule has 1 heterocycles. The van der Waals surface area contributed by atoms with Crippen LogP contribution in [0.15, 0.2) is 18.2 Å². The molecule has 120 valence electrons. The number of hydrogen-bond donors (Lipinski definition) is 1. The van der Waals surface area contributed by atoms with E-state index in [0.717, 1.165) is 25.9 Å². The Kier molecular flexibility index (Phi) is 4.97. The summed E-state index contributed by atoms with van der Waals surface area (Å²) in [7, 11) is 5.45. The lowest BCUT2D eigenvalue weighted by molar-refractivity contribution is -0.384. The maximum Gasteiger partial charge on any atom is 0.293 e. The molecule has 22 heavy (non-hydrogen) atoms. The molecular formula is C15H22N4O3. The highest BCUT2D eigenvalue weighted by molar-refractivity contribution is 5.95. The van der Waals surface area contributed by atoms with E-state index in [-0.39, 0.29) is 17.6 Å². The van der Waals surface area contributed by atoms with Crippen molar-refractivity contribution < 1.29 is 9.72 Å². The minimum atomic E-state index is -0.426. The van der Waals surface area contributed by atoms with E-state index in [9.17, 15) is 14.9 Å². The van der Waals surface area contributed by atoms with Crippen molar-refractivity contribution in [2.24, 2.45) is 0 Å². The molecule has 7 nitrogen and oxygen atoms in total. The average Bonchev–Trinajstić information content (AvgIpc) is 2.52. The second-order valence-electron chi connectivity index (χ2n) is 5.71. The van der Waals surface area contributed by atoms with Crippen molar-refractivity contribution in [2.45, 2.75) is 18.9 Å². The minimum Gasteiger partial charge on any atom is -0.365 e. The van der Waals surface area contributed by atoms with Crippen LogP contribution >= 0.6 is 0 Å². The first-order valence-corrected chi connectivity index (χ1v) is 7.36. The Labute approximate surface area is 130 Å². The Balaban J connectivity index is 2.33. The summed E-state index contributed by atoms with van der Waals surface area (Å²) in [5.74, 6) is -0.324. The normalized spacial score (nSPS) is 18.8. The second kappa shape index (κ2) is 6.74. The molecule has 0 unspecified atom stereocenters. The average molecular weight is 306 g/mol. The molecule has 1 aromatic carbocycles. The largest absolute Gasteiger partial charge is 0.365 e. The molecule has 1 aliphatic rings. The van der Waals surface area contributed by atoms with E-state index in [1.807, 2.05) is 11.9 Å².